The summed E-state index contributed by atoms with van der Waals surface area (Å²) in [6.45, 7) is 4.68. The van der Waals surface area contributed by atoms with Crippen molar-refractivity contribution in [2.45, 2.75) is 38.1 Å². The molecule has 25 heavy (non-hydrogen) atoms. The molecule has 0 radical (unpaired) electrons. The normalized spacial score (nSPS) is 11.4. The summed E-state index contributed by atoms with van der Waals surface area (Å²) in [5.41, 5.74) is 4.43. The van der Waals surface area contributed by atoms with Crippen LogP contribution in [0.15, 0.2) is 47.4 Å². The van der Waals surface area contributed by atoms with E-state index >= 15 is 0 Å². The van der Waals surface area contributed by atoms with Gasteiger partial charge < -0.3 is 4.90 Å². The number of sulfonamides is 1. The molecule has 0 aliphatic heterocycles. The first-order chi connectivity index (χ1) is 11.7. The molecular weight excluding hydrogens is 336 g/mol. The zero-order valence-corrected chi connectivity index (χ0v) is 15.6. The van der Waals surface area contributed by atoms with Crippen LogP contribution in [-0.4, -0.2) is 26.3 Å². The van der Waals surface area contributed by atoms with Gasteiger partial charge in [-0.05, 0) is 49.1 Å². The van der Waals surface area contributed by atoms with Crippen LogP contribution in [0.1, 0.15) is 28.7 Å². The molecule has 6 heteroatoms. The van der Waals surface area contributed by atoms with Crippen LogP contribution in [0.25, 0.3) is 0 Å². The molecule has 0 saturated heterocycles. The molecule has 0 aromatic heterocycles. The van der Waals surface area contributed by atoms with Crippen molar-refractivity contribution in [2.24, 2.45) is 5.14 Å². The Morgan fingerprint density at radius 1 is 1.08 bits per heavy atom. The number of nitrogens with two attached hydrogens (primary N) is 1. The highest BCUT2D eigenvalue weighted by Crippen LogP contribution is 2.14. The van der Waals surface area contributed by atoms with Gasteiger partial charge in [-0.25, -0.2) is 13.6 Å². The Hall–Kier alpha value is -2.18. The van der Waals surface area contributed by atoms with Gasteiger partial charge in [0.05, 0.1) is 4.90 Å². The molecule has 0 bridgehead atoms. The van der Waals surface area contributed by atoms with Crippen LogP contribution in [0.3, 0.4) is 0 Å². The minimum Gasteiger partial charge on any atom is -0.341 e. The van der Waals surface area contributed by atoms with Crippen molar-refractivity contribution in [3.63, 3.8) is 0 Å². The minimum atomic E-state index is -3.68. The maximum Gasteiger partial charge on any atom is 0.238 e. The highest BCUT2D eigenvalue weighted by Gasteiger charge is 2.12. The van der Waals surface area contributed by atoms with E-state index in [1.807, 2.05) is 19.9 Å². The molecule has 0 atom stereocenters. The Bertz CT molecular complexity index is 859. The summed E-state index contributed by atoms with van der Waals surface area (Å²) in [4.78, 5) is 14.1. The summed E-state index contributed by atoms with van der Waals surface area (Å²) in [6.07, 6.45) is 0.928. The number of rotatable bonds is 6. The molecule has 5 nitrogen and oxygen atoms in total. The van der Waals surface area contributed by atoms with Gasteiger partial charge in [0.25, 0.3) is 0 Å². The summed E-state index contributed by atoms with van der Waals surface area (Å²) in [6, 6.07) is 12.5. The van der Waals surface area contributed by atoms with Crippen LogP contribution >= 0.6 is 0 Å². The fraction of sp³-hybridized carbons (Fsp3) is 0.316. The molecule has 2 rings (SSSR count). The molecule has 0 spiro atoms. The second-order valence-electron chi connectivity index (χ2n) is 6.37. The Kier molecular flexibility index (Phi) is 5.98. The SMILES string of the molecule is Cc1ccc(CN(C)C(=O)CCc2ccc(S(N)(=O)=O)cc2)c(C)c1. The van der Waals surface area contributed by atoms with Gasteiger partial charge in [-0.1, -0.05) is 35.9 Å². The summed E-state index contributed by atoms with van der Waals surface area (Å²) in [5, 5.41) is 5.07. The minimum absolute atomic E-state index is 0.0514. The van der Waals surface area contributed by atoms with Gasteiger partial charge in [-0.2, -0.15) is 0 Å². The Labute approximate surface area is 149 Å². The van der Waals surface area contributed by atoms with Crippen LogP contribution in [0.5, 0.6) is 0 Å². The first kappa shape index (κ1) is 19.1. The van der Waals surface area contributed by atoms with Gasteiger partial charge >= 0.3 is 0 Å². The zero-order valence-electron chi connectivity index (χ0n) is 14.8. The second kappa shape index (κ2) is 7.80. The molecule has 134 valence electrons. The topological polar surface area (TPSA) is 80.5 Å². The number of hydrogen-bond acceptors (Lipinski definition) is 3. The van der Waals surface area contributed by atoms with Crippen molar-refractivity contribution in [3.8, 4) is 0 Å². The van der Waals surface area contributed by atoms with Crippen LogP contribution in [-0.2, 0) is 27.8 Å². The van der Waals surface area contributed by atoms with Gasteiger partial charge in [-0.3, -0.25) is 4.79 Å². The summed E-state index contributed by atoms with van der Waals surface area (Å²) < 4.78 is 22.5. The third-order valence-corrected chi connectivity index (χ3v) is 5.14. The molecule has 0 unspecified atom stereocenters. The van der Waals surface area contributed by atoms with E-state index in [0.717, 1.165) is 11.1 Å². The van der Waals surface area contributed by atoms with Gasteiger partial charge in [0.2, 0.25) is 15.9 Å². The predicted molar refractivity (Wildman–Crippen MR) is 98.5 cm³/mol. The highest BCUT2D eigenvalue weighted by atomic mass is 32.2. The smallest absolute Gasteiger partial charge is 0.238 e. The monoisotopic (exact) mass is 360 g/mol. The summed E-state index contributed by atoms with van der Waals surface area (Å²) in [7, 11) is -1.88. The number of nitrogens with zero attached hydrogens (tertiary/aromatic N) is 1. The van der Waals surface area contributed by atoms with Crippen molar-refractivity contribution < 1.29 is 13.2 Å². The fourth-order valence-electron chi connectivity index (χ4n) is 2.65. The molecule has 2 N–H and O–H groups in total. The van der Waals surface area contributed by atoms with Crippen molar-refractivity contribution >= 4 is 15.9 Å². The average molecular weight is 360 g/mol. The van der Waals surface area contributed by atoms with Crippen molar-refractivity contribution in [1.82, 2.24) is 4.90 Å². The summed E-state index contributed by atoms with van der Waals surface area (Å²) in [5.74, 6) is 0.0514. The molecule has 1 amide bonds. The Morgan fingerprint density at radius 2 is 1.72 bits per heavy atom. The number of carbonyl (C=O) groups excluding carboxylic acids is 1. The maximum atomic E-state index is 12.3. The first-order valence-corrected chi connectivity index (χ1v) is 9.63. The van der Waals surface area contributed by atoms with E-state index in [4.69, 9.17) is 5.14 Å². The third-order valence-electron chi connectivity index (χ3n) is 4.21. The maximum absolute atomic E-state index is 12.3. The van der Waals surface area contributed by atoms with E-state index in [1.165, 1.54) is 23.3 Å². The van der Waals surface area contributed by atoms with Crippen molar-refractivity contribution in [3.05, 3.63) is 64.7 Å². The van der Waals surface area contributed by atoms with Crippen LogP contribution < -0.4 is 5.14 Å². The Balaban J connectivity index is 1.93. The zero-order chi connectivity index (χ0) is 18.6. The number of benzene rings is 2. The second-order valence-corrected chi connectivity index (χ2v) is 7.93. The molecule has 0 aliphatic carbocycles. The van der Waals surface area contributed by atoms with Gasteiger partial charge in [-0.15, -0.1) is 0 Å². The lowest BCUT2D eigenvalue weighted by Gasteiger charge is -2.19. The first-order valence-electron chi connectivity index (χ1n) is 8.08. The quantitative estimate of drug-likeness (QED) is 0.859. The predicted octanol–water partition coefficient (Wildman–Crippen LogP) is 2.54. The number of carbonyl (C=O) groups is 1. The highest BCUT2D eigenvalue weighted by molar-refractivity contribution is 7.89. The van der Waals surface area contributed by atoms with Gasteiger partial charge in [0.15, 0.2) is 0 Å². The summed E-state index contributed by atoms with van der Waals surface area (Å²) >= 11 is 0. The van der Waals surface area contributed by atoms with Crippen LogP contribution in [0.4, 0.5) is 0 Å². The van der Waals surface area contributed by atoms with Crippen LogP contribution in [0.2, 0.25) is 0 Å². The van der Waals surface area contributed by atoms with Crippen molar-refractivity contribution in [2.75, 3.05) is 7.05 Å². The van der Waals surface area contributed by atoms with E-state index in [0.29, 0.717) is 19.4 Å². The van der Waals surface area contributed by atoms with E-state index in [-0.39, 0.29) is 10.8 Å². The molecule has 0 fully saturated rings. The molecule has 2 aromatic carbocycles. The van der Waals surface area contributed by atoms with E-state index in [2.05, 4.69) is 12.1 Å². The van der Waals surface area contributed by atoms with Crippen LogP contribution in [0, 0.1) is 13.8 Å². The van der Waals surface area contributed by atoms with Gasteiger partial charge in [0, 0.05) is 20.0 Å². The van der Waals surface area contributed by atoms with Crippen molar-refractivity contribution in [1.29, 1.82) is 0 Å². The third kappa shape index (κ3) is 5.41. The molecule has 0 aliphatic rings. The number of primary sulfonamides is 1. The fourth-order valence-corrected chi connectivity index (χ4v) is 3.17. The number of amides is 1. The Morgan fingerprint density at radius 3 is 2.28 bits per heavy atom. The number of aryl methyl sites for hydroxylation is 3. The largest absolute Gasteiger partial charge is 0.341 e. The molecular formula is C19H24N2O3S. The van der Waals surface area contributed by atoms with E-state index in [9.17, 15) is 13.2 Å². The average Bonchev–Trinajstić information content (AvgIpc) is 2.54. The lowest BCUT2D eigenvalue weighted by Crippen LogP contribution is -2.26. The lowest BCUT2D eigenvalue weighted by atomic mass is 10.0. The molecule has 0 heterocycles. The molecule has 0 saturated carbocycles. The lowest BCUT2D eigenvalue weighted by molar-refractivity contribution is -0.130. The van der Waals surface area contributed by atoms with E-state index < -0.39 is 10.0 Å². The van der Waals surface area contributed by atoms with Gasteiger partial charge in [0.1, 0.15) is 0 Å². The molecule has 2 aromatic rings. The number of hydrogen-bond donors (Lipinski definition) is 1. The standard InChI is InChI=1S/C19H24N2O3S/c1-14-4-8-17(15(2)12-14)13-21(3)19(22)11-7-16-5-9-18(10-6-16)25(20,23)24/h4-6,8-10,12H,7,11,13H2,1-3H3,(H2,20,23,24). The van der Waals surface area contributed by atoms with E-state index in [1.54, 1.807) is 24.1 Å².